The third-order valence-corrected chi connectivity index (χ3v) is 13.3. The largest absolute Gasteiger partial charge is 0.456 e. The molecule has 11 aromatic rings. The van der Waals surface area contributed by atoms with E-state index in [0.29, 0.717) is 0 Å². The van der Waals surface area contributed by atoms with Crippen molar-refractivity contribution >= 4 is 49.8 Å². The van der Waals surface area contributed by atoms with Crippen molar-refractivity contribution in [3.8, 4) is 44.5 Å². The summed E-state index contributed by atoms with van der Waals surface area (Å²) in [6, 6.07) is 82.6. The van der Waals surface area contributed by atoms with E-state index in [9.17, 15) is 0 Å². The minimum atomic E-state index is -0.584. The van der Waals surface area contributed by atoms with E-state index in [-0.39, 0.29) is 0 Å². The molecule has 284 valence electrons. The van der Waals surface area contributed by atoms with Crippen LogP contribution in [0.2, 0.25) is 0 Å². The van der Waals surface area contributed by atoms with Crippen LogP contribution in [0.25, 0.3) is 77.2 Å². The van der Waals surface area contributed by atoms with Crippen LogP contribution in [0.1, 0.15) is 22.3 Å². The zero-order valence-electron chi connectivity index (χ0n) is 33.2. The quantitative estimate of drug-likeness (QED) is 0.177. The third kappa shape index (κ3) is 4.79. The summed E-state index contributed by atoms with van der Waals surface area (Å²) < 4.78 is 6.55. The van der Waals surface area contributed by atoms with Gasteiger partial charge in [-0.05, 0) is 108 Å². The highest BCUT2D eigenvalue weighted by molar-refractivity contribution is 6.08. The molecule has 2 aliphatic carbocycles. The smallest absolute Gasteiger partial charge is 0.137 e. The normalized spacial score (nSPS) is 14.6. The summed E-state index contributed by atoms with van der Waals surface area (Å²) in [5.74, 6) is 0. The molecule has 10 aromatic carbocycles. The molecule has 0 bridgehead atoms. The van der Waals surface area contributed by atoms with Crippen molar-refractivity contribution in [1.82, 2.24) is 0 Å². The second kappa shape index (κ2) is 13.0. The maximum atomic E-state index is 6.55. The predicted octanol–water partition coefficient (Wildman–Crippen LogP) is 15.9. The Bertz CT molecular complexity index is 3560. The molecule has 0 saturated heterocycles. The molecule has 2 nitrogen and oxygen atoms in total. The second-order valence-electron chi connectivity index (χ2n) is 16.3. The molecule has 0 aliphatic heterocycles. The average Bonchev–Trinajstić information content (AvgIpc) is 3.82. The number of hydrogen-bond donors (Lipinski definition) is 0. The Morgan fingerprint density at radius 1 is 0.328 bits per heavy atom. The summed E-state index contributed by atoms with van der Waals surface area (Å²) in [5.41, 5.74) is 19.4. The van der Waals surface area contributed by atoms with E-state index in [0.717, 1.165) is 50.1 Å². The maximum absolute atomic E-state index is 6.55. The molecule has 2 heteroatoms. The van der Waals surface area contributed by atoms with Crippen LogP contribution in [0.3, 0.4) is 0 Å². The average molecular weight is 776 g/mol. The lowest BCUT2D eigenvalue weighted by atomic mass is 9.65. The van der Waals surface area contributed by atoms with Gasteiger partial charge in [-0.25, -0.2) is 0 Å². The molecule has 2 aliphatic rings. The maximum Gasteiger partial charge on any atom is 0.137 e. The first-order valence-corrected chi connectivity index (χ1v) is 21.1. The fourth-order valence-corrected chi connectivity index (χ4v) is 10.8. The van der Waals surface area contributed by atoms with E-state index in [1.54, 1.807) is 0 Å². The third-order valence-electron chi connectivity index (χ3n) is 13.3. The fourth-order valence-electron chi connectivity index (χ4n) is 10.8. The number of fused-ring (bicyclic) bond motifs is 17. The minimum absolute atomic E-state index is 0.584. The second-order valence-corrected chi connectivity index (χ2v) is 16.3. The molecular formula is C59H37NO. The van der Waals surface area contributed by atoms with Gasteiger partial charge in [-0.3, -0.25) is 0 Å². The number of nitrogens with zero attached hydrogens (tertiary/aromatic N) is 1. The van der Waals surface area contributed by atoms with Crippen LogP contribution in [0.15, 0.2) is 229 Å². The minimum Gasteiger partial charge on any atom is -0.456 e. The first-order valence-electron chi connectivity index (χ1n) is 21.1. The van der Waals surface area contributed by atoms with E-state index >= 15 is 0 Å². The first-order chi connectivity index (χ1) is 30.3. The lowest BCUT2D eigenvalue weighted by Crippen LogP contribution is -2.29. The number of benzene rings is 10. The Hall–Kier alpha value is -7.94. The van der Waals surface area contributed by atoms with Crippen LogP contribution in [-0.4, -0.2) is 0 Å². The van der Waals surface area contributed by atoms with E-state index < -0.39 is 5.41 Å². The molecule has 1 heterocycles. The molecule has 13 rings (SSSR count). The highest BCUT2D eigenvalue weighted by atomic mass is 16.3. The Morgan fingerprint density at radius 3 is 1.72 bits per heavy atom. The van der Waals surface area contributed by atoms with Gasteiger partial charge in [0.1, 0.15) is 11.2 Å². The monoisotopic (exact) mass is 775 g/mol. The van der Waals surface area contributed by atoms with Crippen LogP contribution in [0.4, 0.5) is 17.1 Å². The number of hydrogen-bond acceptors (Lipinski definition) is 2. The highest BCUT2D eigenvalue weighted by Crippen LogP contribution is 2.63. The molecule has 0 fully saturated rings. The van der Waals surface area contributed by atoms with E-state index in [2.05, 4.69) is 223 Å². The molecule has 0 amide bonds. The zero-order chi connectivity index (χ0) is 40.1. The zero-order valence-corrected chi connectivity index (χ0v) is 33.2. The van der Waals surface area contributed by atoms with Gasteiger partial charge in [0.15, 0.2) is 0 Å². The van der Waals surface area contributed by atoms with Gasteiger partial charge in [0.05, 0.1) is 11.1 Å². The van der Waals surface area contributed by atoms with Crippen molar-refractivity contribution in [3.05, 3.63) is 247 Å². The van der Waals surface area contributed by atoms with Gasteiger partial charge in [0.2, 0.25) is 0 Å². The van der Waals surface area contributed by atoms with Gasteiger partial charge < -0.3 is 9.32 Å². The number of furan rings is 1. The van der Waals surface area contributed by atoms with Gasteiger partial charge in [-0.2, -0.15) is 0 Å². The molecule has 0 saturated carbocycles. The molecule has 0 N–H and O–H groups in total. The molecule has 61 heavy (non-hydrogen) atoms. The van der Waals surface area contributed by atoms with Crippen LogP contribution >= 0.6 is 0 Å². The van der Waals surface area contributed by atoms with Crippen LogP contribution in [0.5, 0.6) is 0 Å². The Morgan fingerprint density at radius 2 is 0.885 bits per heavy atom. The van der Waals surface area contributed by atoms with Crippen molar-refractivity contribution in [1.29, 1.82) is 0 Å². The summed E-state index contributed by atoms with van der Waals surface area (Å²) >= 11 is 0. The Labute approximate surface area is 354 Å². The van der Waals surface area contributed by atoms with Gasteiger partial charge in [-0.1, -0.05) is 182 Å². The molecule has 1 spiro atoms. The highest BCUT2D eigenvalue weighted by Gasteiger charge is 2.50. The number of para-hydroxylation sites is 2. The van der Waals surface area contributed by atoms with Crippen molar-refractivity contribution in [2.24, 2.45) is 0 Å². The van der Waals surface area contributed by atoms with Crippen LogP contribution in [-0.2, 0) is 5.41 Å². The fraction of sp³-hybridized carbons (Fsp3) is 0.0169. The van der Waals surface area contributed by atoms with E-state index in [1.807, 2.05) is 6.07 Å². The van der Waals surface area contributed by atoms with Gasteiger partial charge in [0, 0.05) is 33.8 Å². The molecule has 1 aromatic heterocycles. The topological polar surface area (TPSA) is 16.4 Å². The summed E-state index contributed by atoms with van der Waals surface area (Å²) in [7, 11) is 0. The lowest BCUT2D eigenvalue weighted by Gasteiger charge is -2.36. The van der Waals surface area contributed by atoms with Crippen molar-refractivity contribution < 1.29 is 4.42 Å². The summed E-state index contributed by atoms with van der Waals surface area (Å²) in [6.07, 6.45) is 0. The van der Waals surface area contributed by atoms with Crippen molar-refractivity contribution in [2.45, 2.75) is 5.41 Å². The van der Waals surface area contributed by atoms with Crippen molar-refractivity contribution in [3.63, 3.8) is 0 Å². The van der Waals surface area contributed by atoms with E-state index in [1.165, 1.54) is 66.4 Å². The molecule has 1 unspecified atom stereocenters. The standard InChI is InChI=1S/C59H37NO/c1-2-16-38(17-3-1)42-19-10-14-28-55(42)60(41-31-33-48-47-24-11-15-29-56(47)61-57(48)37-41)40-32-35-53-50(36-40)45-22-7-6-21-44(45)46-23-8-12-26-51(46)59(53)52-27-13-9-25-49(52)58-43-20-5-4-18-39(43)30-34-54(58)59/h1-37H. The summed E-state index contributed by atoms with van der Waals surface area (Å²) in [4.78, 5) is 2.42. The predicted molar refractivity (Wildman–Crippen MR) is 253 cm³/mol. The van der Waals surface area contributed by atoms with Crippen LogP contribution < -0.4 is 4.90 Å². The molecule has 0 radical (unpaired) electrons. The van der Waals surface area contributed by atoms with Gasteiger partial charge in [0.25, 0.3) is 0 Å². The summed E-state index contributed by atoms with van der Waals surface area (Å²) in [6.45, 7) is 0. The van der Waals surface area contributed by atoms with Gasteiger partial charge in [-0.15, -0.1) is 0 Å². The molecular weight excluding hydrogens is 739 g/mol. The Kier molecular flexibility index (Phi) is 7.26. The van der Waals surface area contributed by atoms with Gasteiger partial charge >= 0.3 is 0 Å². The number of rotatable bonds is 4. The SMILES string of the molecule is c1ccc(-c2ccccc2N(c2ccc3c(c2)-c2ccccc2-c2ccccc2C32c3ccccc3-c3c2ccc2ccccc32)c2ccc3c(c2)oc2ccccc23)cc1. The van der Waals surface area contributed by atoms with E-state index in [4.69, 9.17) is 4.42 Å². The lowest BCUT2D eigenvalue weighted by molar-refractivity contribution is 0.669. The summed E-state index contributed by atoms with van der Waals surface area (Å²) in [5, 5.41) is 4.77. The Balaban J connectivity index is 1.14. The molecule has 1 atom stereocenters. The first kappa shape index (κ1) is 34.0. The van der Waals surface area contributed by atoms with Crippen molar-refractivity contribution in [2.75, 3.05) is 4.90 Å². The number of anilines is 3. The van der Waals surface area contributed by atoms with Crippen LogP contribution in [0, 0.1) is 0 Å².